The van der Waals surface area contributed by atoms with E-state index in [0.29, 0.717) is 0 Å². The summed E-state index contributed by atoms with van der Waals surface area (Å²) in [5.41, 5.74) is 9.77. The highest BCUT2D eigenvalue weighted by Gasteiger charge is 2.09. The molecule has 0 fully saturated rings. The largest absolute Gasteiger partial charge is 0.324 e. The van der Waals surface area contributed by atoms with Crippen molar-refractivity contribution in [3.8, 4) is 0 Å². The van der Waals surface area contributed by atoms with Gasteiger partial charge in [-0.2, -0.15) is 0 Å². The van der Waals surface area contributed by atoms with Crippen LogP contribution >= 0.6 is 15.9 Å². The van der Waals surface area contributed by atoms with Crippen molar-refractivity contribution in [1.82, 2.24) is 0 Å². The molecule has 0 aliphatic carbocycles. The molecule has 1 aromatic carbocycles. The summed E-state index contributed by atoms with van der Waals surface area (Å²) >= 11 is 3.58. The van der Waals surface area contributed by atoms with E-state index in [1.165, 1.54) is 16.7 Å². The summed E-state index contributed by atoms with van der Waals surface area (Å²) in [6.07, 6.45) is 0.974. The monoisotopic (exact) mass is 241 g/mol. The smallest absolute Gasteiger partial charge is 0.0303 e. The van der Waals surface area contributed by atoms with Crippen LogP contribution in [0.25, 0.3) is 0 Å². The van der Waals surface area contributed by atoms with E-state index in [1.54, 1.807) is 0 Å². The highest BCUT2D eigenvalue weighted by molar-refractivity contribution is 9.10. The highest BCUT2D eigenvalue weighted by Crippen LogP contribution is 2.28. The van der Waals surface area contributed by atoms with Crippen molar-refractivity contribution >= 4 is 15.9 Å². The molecule has 1 unspecified atom stereocenters. The first kappa shape index (κ1) is 10.7. The molecule has 0 aromatic heterocycles. The second-order valence-corrected chi connectivity index (χ2v) is 4.29. The maximum absolute atomic E-state index is 6.00. The van der Waals surface area contributed by atoms with Gasteiger partial charge in [0.2, 0.25) is 0 Å². The van der Waals surface area contributed by atoms with Gasteiger partial charge in [-0.05, 0) is 31.4 Å². The lowest BCUT2D eigenvalue weighted by atomic mass is 10.0. The van der Waals surface area contributed by atoms with Crippen molar-refractivity contribution < 1.29 is 0 Å². The van der Waals surface area contributed by atoms with E-state index >= 15 is 0 Å². The quantitative estimate of drug-likeness (QED) is 0.844. The molecule has 0 aliphatic rings. The zero-order valence-corrected chi connectivity index (χ0v) is 9.98. The normalized spacial score (nSPS) is 13.0. The Bertz CT molecular complexity index is 307. The molecule has 1 atom stereocenters. The Hall–Kier alpha value is -0.340. The van der Waals surface area contributed by atoms with E-state index in [1.807, 2.05) is 0 Å². The number of hydrogen-bond acceptors (Lipinski definition) is 1. The Balaban J connectivity index is 3.20. The van der Waals surface area contributed by atoms with Gasteiger partial charge in [0.05, 0.1) is 0 Å². The third kappa shape index (κ3) is 2.32. The minimum atomic E-state index is 0.146. The van der Waals surface area contributed by atoms with E-state index < -0.39 is 0 Å². The molecule has 0 spiro atoms. The molecule has 0 saturated heterocycles. The highest BCUT2D eigenvalue weighted by atomic mass is 79.9. The minimum absolute atomic E-state index is 0.146. The molecular weight excluding hydrogens is 226 g/mol. The average molecular weight is 242 g/mol. The minimum Gasteiger partial charge on any atom is -0.324 e. The van der Waals surface area contributed by atoms with Crippen molar-refractivity contribution in [2.45, 2.75) is 33.2 Å². The predicted molar refractivity (Wildman–Crippen MR) is 60.8 cm³/mol. The van der Waals surface area contributed by atoms with E-state index in [0.717, 1.165) is 10.9 Å². The van der Waals surface area contributed by atoms with Crippen LogP contribution < -0.4 is 5.73 Å². The Morgan fingerprint density at radius 2 is 2.00 bits per heavy atom. The van der Waals surface area contributed by atoms with Crippen molar-refractivity contribution in [2.75, 3.05) is 0 Å². The summed E-state index contributed by atoms with van der Waals surface area (Å²) in [7, 11) is 0. The van der Waals surface area contributed by atoms with Gasteiger partial charge in [0.1, 0.15) is 0 Å². The molecule has 0 heterocycles. The standard InChI is InChI=1S/C11H16BrN/c1-4-10(13)9-6-7(2)5-8(3)11(9)12/h5-6,10H,4,13H2,1-3H3. The zero-order valence-electron chi connectivity index (χ0n) is 8.39. The van der Waals surface area contributed by atoms with Crippen LogP contribution in [0.4, 0.5) is 0 Å². The van der Waals surface area contributed by atoms with Crippen molar-refractivity contribution in [3.05, 3.63) is 33.3 Å². The van der Waals surface area contributed by atoms with Gasteiger partial charge in [0.15, 0.2) is 0 Å². The molecule has 1 aromatic rings. The van der Waals surface area contributed by atoms with Crippen LogP contribution in [0.15, 0.2) is 16.6 Å². The summed E-state index contributed by atoms with van der Waals surface area (Å²) in [6, 6.07) is 4.47. The third-order valence-electron chi connectivity index (χ3n) is 2.27. The first-order valence-corrected chi connectivity index (χ1v) is 5.37. The third-order valence-corrected chi connectivity index (χ3v) is 3.35. The van der Waals surface area contributed by atoms with Crippen LogP contribution in [0.3, 0.4) is 0 Å². The maximum atomic E-state index is 6.00. The fraction of sp³-hybridized carbons (Fsp3) is 0.455. The second kappa shape index (κ2) is 4.25. The first-order valence-electron chi connectivity index (χ1n) is 4.58. The maximum Gasteiger partial charge on any atom is 0.0303 e. The summed E-state index contributed by atoms with van der Waals surface area (Å²) in [4.78, 5) is 0. The molecule has 1 nitrogen and oxygen atoms in total. The van der Waals surface area contributed by atoms with E-state index in [4.69, 9.17) is 5.73 Å². The molecule has 0 bridgehead atoms. The first-order chi connectivity index (χ1) is 6.06. The average Bonchev–Trinajstić information content (AvgIpc) is 2.10. The summed E-state index contributed by atoms with van der Waals surface area (Å²) in [6.45, 7) is 6.31. The van der Waals surface area contributed by atoms with E-state index in [2.05, 4.69) is 48.8 Å². The number of aryl methyl sites for hydroxylation is 2. The number of hydrogen-bond donors (Lipinski definition) is 1. The fourth-order valence-corrected chi connectivity index (χ4v) is 2.00. The molecule has 0 aliphatic heterocycles. The van der Waals surface area contributed by atoms with Crippen molar-refractivity contribution in [3.63, 3.8) is 0 Å². The topological polar surface area (TPSA) is 26.0 Å². The van der Waals surface area contributed by atoms with Crippen LogP contribution in [0.5, 0.6) is 0 Å². The van der Waals surface area contributed by atoms with Crippen LogP contribution in [-0.4, -0.2) is 0 Å². The Morgan fingerprint density at radius 3 is 2.54 bits per heavy atom. The van der Waals surface area contributed by atoms with E-state index in [-0.39, 0.29) is 6.04 Å². The fourth-order valence-electron chi connectivity index (χ4n) is 1.47. The lowest BCUT2D eigenvalue weighted by Crippen LogP contribution is -2.10. The molecule has 0 saturated carbocycles. The van der Waals surface area contributed by atoms with Crippen LogP contribution in [0.1, 0.15) is 36.1 Å². The Morgan fingerprint density at radius 1 is 1.38 bits per heavy atom. The van der Waals surface area contributed by atoms with Gasteiger partial charge in [-0.25, -0.2) is 0 Å². The zero-order chi connectivity index (χ0) is 10.0. The summed E-state index contributed by atoms with van der Waals surface area (Å²) in [5, 5.41) is 0. The van der Waals surface area contributed by atoms with Gasteiger partial charge in [0.25, 0.3) is 0 Å². The Labute approximate surface area is 88.5 Å². The molecule has 2 heteroatoms. The number of benzene rings is 1. The van der Waals surface area contributed by atoms with Gasteiger partial charge < -0.3 is 5.73 Å². The van der Waals surface area contributed by atoms with Crippen molar-refractivity contribution in [1.29, 1.82) is 0 Å². The van der Waals surface area contributed by atoms with Crippen molar-refractivity contribution in [2.24, 2.45) is 5.73 Å². The van der Waals surface area contributed by atoms with Gasteiger partial charge >= 0.3 is 0 Å². The van der Waals surface area contributed by atoms with Gasteiger partial charge in [-0.15, -0.1) is 0 Å². The Kier molecular flexibility index (Phi) is 3.51. The SMILES string of the molecule is CCC(N)c1cc(C)cc(C)c1Br. The van der Waals surface area contributed by atoms with Crippen LogP contribution in [0.2, 0.25) is 0 Å². The summed E-state index contributed by atoms with van der Waals surface area (Å²) < 4.78 is 1.16. The number of rotatable bonds is 2. The molecule has 13 heavy (non-hydrogen) atoms. The molecule has 1 rings (SSSR count). The molecule has 72 valence electrons. The van der Waals surface area contributed by atoms with E-state index in [9.17, 15) is 0 Å². The predicted octanol–water partition coefficient (Wildman–Crippen LogP) is 3.48. The molecule has 0 radical (unpaired) electrons. The van der Waals surface area contributed by atoms with Crippen LogP contribution in [0, 0.1) is 13.8 Å². The molecule has 2 N–H and O–H groups in total. The van der Waals surface area contributed by atoms with Gasteiger partial charge in [-0.1, -0.05) is 40.5 Å². The lowest BCUT2D eigenvalue weighted by Gasteiger charge is -2.14. The van der Waals surface area contributed by atoms with Gasteiger partial charge in [-0.3, -0.25) is 0 Å². The summed E-state index contributed by atoms with van der Waals surface area (Å²) in [5.74, 6) is 0. The van der Waals surface area contributed by atoms with Gasteiger partial charge in [0, 0.05) is 10.5 Å². The number of halogens is 1. The lowest BCUT2D eigenvalue weighted by molar-refractivity contribution is 0.694. The molecule has 0 amide bonds. The second-order valence-electron chi connectivity index (χ2n) is 3.50. The van der Waals surface area contributed by atoms with Crippen LogP contribution in [-0.2, 0) is 0 Å². The molecular formula is C11H16BrN. The number of nitrogens with two attached hydrogens (primary N) is 1.